The summed E-state index contributed by atoms with van der Waals surface area (Å²) in [6, 6.07) is 0.0437. The monoisotopic (exact) mass is 215 g/mol. The summed E-state index contributed by atoms with van der Waals surface area (Å²) in [5.41, 5.74) is 0.269. The minimum absolute atomic E-state index is 0.0437. The second-order valence-corrected chi connectivity index (χ2v) is 4.80. The second kappa shape index (κ2) is 5.47. The number of rotatable bonds is 5. The molecule has 4 nitrogen and oxygen atoms in total. The maximum Gasteiger partial charge on any atom is 0.304 e. The van der Waals surface area contributed by atoms with Crippen molar-refractivity contribution in [2.75, 3.05) is 19.8 Å². The van der Waals surface area contributed by atoms with Crippen LogP contribution in [0.2, 0.25) is 0 Å². The lowest BCUT2D eigenvalue weighted by molar-refractivity contribution is -0.137. The molecule has 1 aliphatic rings. The highest BCUT2D eigenvalue weighted by Gasteiger charge is 2.27. The number of aliphatic carboxylic acids is 1. The van der Waals surface area contributed by atoms with Crippen LogP contribution in [0.4, 0.5) is 0 Å². The third-order valence-corrected chi connectivity index (χ3v) is 3.06. The van der Waals surface area contributed by atoms with Gasteiger partial charge in [-0.1, -0.05) is 6.92 Å². The fourth-order valence-corrected chi connectivity index (χ4v) is 1.80. The van der Waals surface area contributed by atoms with Crippen molar-refractivity contribution in [1.29, 1.82) is 0 Å². The third kappa shape index (κ3) is 4.62. The predicted octanol–water partition coefficient (Wildman–Crippen LogP) is 1.26. The van der Waals surface area contributed by atoms with Crippen LogP contribution in [0, 0.1) is 5.41 Å². The van der Waals surface area contributed by atoms with Gasteiger partial charge in [-0.3, -0.25) is 4.79 Å². The van der Waals surface area contributed by atoms with Crippen LogP contribution in [0.1, 0.15) is 33.1 Å². The van der Waals surface area contributed by atoms with Crippen LogP contribution in [0.3, 0.4) is 0 Å². The van der Waals surface area contributed by atoms with Crippen LogP contribution < -0.4 is 5.32 Å². The normalized spacial score (nSPS) is 22.3. The Morgan fingerprint density at radius 2 is 2.13 bits per heavy atom. The number of carboxylic acid groups (broad SMARTS) is 1. The van der Waals surface area contributed by atoms with Crippen molar-refractivity contribution >= 4 is 5.97 Å². The van der Waals surface area contributed by atoms with Crippen LogP contribution in [-0.2, 0) is 9.53 Å². The molecule has 2 N–H and O–H groups in total. The van der Waals surface area contributed by atoms with Crippen molar-refractivity contribution in [3.8, 4) is 0 Å². The van der Waals surface area contributed by atoms with Gasteiger partial charge in [0.1, 0.15) is 0 Å². The Morgan fingerprint density at radius 1 is 1.53 bits per heavy atom. The Bertz CT molecular complexity index is 212. The molecule has 0 amide bonds. The van der Waals surface area contributed by atoms with Gasteiger partial charge >= 0.3 is 5.97 Å². The molecule has 1 unspecified atom stereocenters. The molecule has 1 heterocycles. The summed E-state index contributed by atoms with van der Waals surface area (Å²) in [5.74, 6) is -0.743. The van der Waals surface area contributed by atoms with E-state index in [4.69, 9.17) is 9.84 Å². The Hall–Kier alpha value is -0.610. The van der Waals surface area contributed by atoms with E-state index in [-0.39, 0.29) is 17.9 Å². The Labute approximate surface area is 91.0 Å². The fraction of sp³-hybridized carbons (Fsp3) is 0.909. The van der Waals surface area contributed by atoms with Gasteiger partial charge in [0.05, 0.1) is 6.42 Å². The standard InChI is InChI=1S/C11H21NO3/c1-9(7-10(13)14)12-8-11(2)3-5-15-6-4-11/h9,12H,3-8H2,1-2H3,(H,13,14). The molecule has 0 aromatic heterocycles. The summed E-state index contributed by atoms with van der Waals surface area (Å²) in [7, 11) is 0. The van der Waals surface area contributed by atoms with E-state index >= 15 is 0 Å². The van der Waals surface area contributed by atoms with Crippen molar-refractivity contribution in [2.45, 2.75) is 39.2 Å². The lowest BCUT2D eigenvalue weighted by Gasteiger charge is -2.34. The van der Waals surface area contributed by atoms with E-state index in [9.17, 15) is 4.79 Å². The molecule has 4 heteroatoms. The molecule has 1 rings (SSSR count). The number of carbonyl (C=O) groups is 1. The molecule has 0 aromatic carbocycles. The van der Waals surface area contributed by atoms with Crippen LogP contribution >= 0.6 is 0 Å². The molecular weight excluding hydrogens is 194 g/mol. The maximum absolute atomic E-state index is 10.5. The molecule has 0 aliphatic carbocycles. The van der Waals surface area contributed by atoms with Crippen LogP contribution in [0.5, 0.6) is 0 Å². The molecular formula is C11H21NO3. The van der Waals surface area contributed by atoms with Gasteiger partial charge < -0.3 is 15.2 Å². The first-order valence-electron chi connectivity index (χ1n) is 5.55. The first-order valence-corrected chi connectivity index (χ1v) is 5.55. The topological polar surface area (TPSA) is 58.6 Å². The van der Waals surface area contributed by atoms with Gasteiger partial charge in [-0.15, -0.1) is 0 Å². The van der Waals surface area contributed by atoms with Gasteiger partial charge in [0.15, 0.2) is 0 Å². The number of ether oxygens (including phenoxy) is 1. The summed E-state index contributed by atoms with van der Waals surface area (Å²) in [6.45, 7) is 6.68. The molecule has 1 saturated heterocycles. The van der Waals surface area contributed by atoms with Gasteiger partial charge in [-0.25, -0.2) is 0 Å². The molecule has 0 bridgehead atoms. The van der Waals surface area contributed by atoms with Gasteiger partial charge in [0, 0.05) is 25.8 Å². The van der Waals surface area contributed by atoms with Gasteiger partial charge in [0.2, 0.25) is 0 Å². The zero-order chi connectivity index (χ0) is 11.3. The molecule has 1 atom stereocenters. The molecule has 0 spiro atoms. The van der Waals surface area contributed by atoms with Gasteiger partial charge in [0.25, 0.3) is 0 Å². The Morgan fingerprint density at radius 3 is 2.67 bits per heavy atom. The Kier molecular flexibility index (Phi) is 4.54. The number of hydrogen-bond donors (Lipinski definition) is 2. The van der Waals surface area contributed by atoms with E-state index in [2.05, 4.69) is 12.2 Å². The molecule has 0 radical (unpaired) electrons. The van der Waals surface area contributed by atoms with Gasteiger partial charge in [-0.2, -0.15) is 0 Å². The van der Waals surface area contributed by atoms with Crippen molar-refractivity contribution < 1.29 is 14.6 Å². The van der Waals surface area contributed by atoms with Crippen LogP contribution in [0.25, 0.3) is 0 Å². The first-order chi connectivity index (χ1) is 7.02. The summed E-state index contributed by atoms with van der Waals surface area (Å²) >= 11 is 0. The molecule has 1 fully saturated rings. The van der Waals surface area contributed by atoms with Crippen molar-refractivity contribution in [3.63, 3.8) is 0 Å². The fourth-order valence-electron chi connectivity index (χ4n) is 1.80. The third-order valence-electron chi connectivity index (χ3n) is 3.06. The SMILES string of the molecule is CC(CC(=O)O)NCC1(C)CCOCC1. The highest BCUT2D eigenvalue weighted by molar-refractivity contribution is 5.67. The highest BCUT2D eigenvalue weighted by Crippen LogP contribution is 2.28. The molecule has 0 saturated carbocycles. The molecule has 15 heavy (non-hydrogen) atoms. The van der Waals surface area contributed by atoms with E-state index in [1.54, 1.807) is 0 Å². The van der Waals surface area contributed by atoms with Gasteiger partial charge in [-0.05, 0) is 25.2 Å². The molecule has 1 aliphatic heterocycles. The smallest absolute Gasteiger partial charge is 0.304 e. The maximum atomic E-state index is 10.5. The summed E-state index contributed by atoms with van der Waals surface area (Å²) in [5, 5.41) is 11.9. The lowest BCUT2D eigenvalue weighted by atomic mass is 9.82. The first kappa shape index (κ1) is 12.5. The van der Waals surface area contributed by atoms with E-state index < -0.39 is 5.97 Å². The number of nitrogens with one attached hydrogen (secondary N) is 1. The van der Waals surface area contributed by atoms with Crippen molar-refractivity contribution in [3.05, 3.63) is 0 Å². The van der Waals surface area contributed by atoms with E-state index in [1.165, 1.54) is 0 Å². The second-order valence-electron chi connectivity index (χ2n) is 4.80. The van der Waals surface area contributed by atoms with Crippen LogP contribution in [-0.4, -0.2) is 36.9 Å². The zero-order valence-electron chi connectivity index (χ0n) is 9.58. The Balaban J connectivity index is 2.25. The van der Waals surface area contributed by atoms with Crippen molar-refractivity contribution in [1.82, 2.24) is 5.32 Å². The minimum Gasteiger partial charge on any atom is -0.481 e. The van der Waals surface area contributed by atoms with E-state index in [0.717, 1.165) is 32.6 Å². The summed E-state index contributed by atoms with van der Waals surface area (Å²) < 4.78 is 5.31. The highest BCUT2D eigenvalue weighted by atomic mass is 16.5. The number of hydrogen-bond acceptors (Lipinski definition) is 3. The van der Waals surface area contributed by atoms with Crippen LogP contribution in [0.15, 0.2) is 0 Å². The van der Waals surface area contributed by atoms with Crippen molar-refractivity contribution in [2.24, 2.45) is 5.41 Å². The van der Waals surface area contributed by atoms with E-state index in [1.807, 2.05) is 6.92 Å². The lowest BCUT2D eigenvalue weighted by Crippen LogP contribution is -2.40. The zero-order valence-corrected chi connectivity index (χ0v) is 9.58. The average molecular weight is 215 g/mol. The summed E-state index contributed by atoms with van der Waals surface area (Å²) in [6.07, 6.45) is 2.30. The average Bonchev–Trinajstić information content (AvgIpc) is 2.15. The molecule has 88 valence electrons. The largest absolute Gasteiger partial charge is 0.481 e. The number of carboxylic acids is 1. The van der Waals surface area contributed by atoms with E-state index in [0.29, 0.717) is 0 Å². The predicted molar refractivity (Wildman–Crippen MR) is 57.9 cm³/mol. The molecule has 0 aromatic rings. The minimum atomic E-state index is -0.743. The summed E-state index contributed by atoms with van der Waals surface area (Å²) in [4.78, 5) is 10.5. The quantitative estimate of drug-likeness (QED) is 0.724.